The second kappa shape index (κ2) is 10.2. The second-order valence-corrected chi connectivity index (χ2v) is 9.07. The monoisotopic (exact) mass is 553 g/mol. The molecule has 3 aromatic rings. The third kappa shape index (κ3) is 5.42. The van der Waals surface area contributed by atoms with Gasteiger partial charge in [0.2, 0.25) is 12.7 Å². The number of benzene rings is 2. The van der Waals surface area contributed by atoms with E-state index in [1.54, 1.807) is 0 Å². The van der Waals surface area contributed by atoms with Gasteiger partial charge in [0.05, 0.1) is 0 Å². The fourth-order valence-corrected chi connectivity index (χ4v) is 4.36. The lowest BCUT2D eigenvalue weighted by Crippen LogP contribution is -2.26. The molecule has 2 aliphatic rings. The van der Waals surface area contributed by atoms with Crippen LogP contribution in [0.3, 0.4) is 0 Å². The van der Waals surface area contributed by atoms with Gasteiger partial charge in [0.25, 0.3) is 0 Å². The minimum absolute atomic E-state index is 0.273. The Labute approximate surface area is 206 Å². The Hall–Kier alpha value is -3.20. The van der Waals surface area contributed by atoms with Crippen LogP contribution in [0.15, 0.2) is 89.8 Å². The van der Waals surface area contributed by atoms with Crippen LogP contribution in [0.1, 0.15) is 12.0 Å². The molecule has 1 aromatic heterocycles. The van der Waals surface area contributed by atoms with Crippen LogP contribution in [0.2, 0.25) is 0 Å². The van der Waals surface area contributed by atoms with Gasteiger partial charge < -0.3 is 23.8 Å². The molecule has 0 saturated heterocycles. The molecule has 33 heavy (non-hydrogen) atoms. The van der Waals surface area contributed by atoms with Gasteiger partial charge in [-0.3, -0.25) is 0 Å². The summed E-state index contributed by atoms with van der Waals surface area (Å²) in [7, 11) is 0. The molecule has 0 aliphatic carbocycles. The maximum absolute atomic E-state index is 5.81. The number of halogens is 1. The molecule has 6 nitrogen and oxygen atoms in total. The van der Waals surface area contributed by atoms with Crippen molar-refractivity contribution in [2.75, 3.05) is 24.8 Å². The normalized spacial score (nSPS) is 14.0. The van der Waals surface area contributed by atoms with Crippen LogP contribution in [-0.4, -0.2) is 29.9 Å². The van der Waals surface area contributed by atoms with E-state index >= 15 is 0 Å². The predicted octanol–water partition coefficient (Wildman–Crippen LogP) is 5.97. The van der Waals surface area contributed by atoms with Crippen molar-refractivity contribution in [1.82, 2.24) is 10.1 Å². The SMILES string of the molecule is Ic1cccc(-c2cc(N(CCCN3C=CC=CC=C3)Cc3ccc4c(c3)OCO4)on2)c1. The first-order chi connectivity index (χ1) is 16.2. The minimum atomic E-state index is 0.273. The number of hydrogen-bond acceptors (Lipinski definition) is 6. The van der Waals surface area contributed by atoms with Gasteiger partial charge in [-0.2, -0.15) is 0 Å². The second-order valence-electron chi connectivity index (χ2n) is 7.83. The molecular formula is C26H24IN3O3. The zero-order chi connectivity index (χ0) is 22.5. The van der Waals surface area contributed by atoms with E-state index in [9.17, 15) is 0 Å². The van der Waals surface area contributed by atoms with Crippen molar-refractivity contribution in [3.05, 3.63) is 94.4 Å². The van der Waals surface area contributed by atoms with Crippen LogP contribution in [0.25, 0.3) is 11.3 Å². The van der Waals surface area contributed by atoms with Crippen molar-refractivity contribution in [3.63, 3.8) is 0 Å². The molecule has 0 radical (unpaired) electrons. The number of anilines is 1. The Balaban J connectivity index is 1.34. The highest BCUT2D eigenvalue weighted by Crippen LogP contribution is 2.33. The molecule has 0 saturated carbocycles. The van der Waals surface area contributed by atoms with Crippen LogP contribution >= 0.6 is 22.6 Å². The summed E-state index contributed by atoms with van der Waals surface area (Å²) in [6, 6.07) is 16.4. The van der Waals surface area contributed by atoms with E-state index in [0.29, 0.717) is 6.54 Å². The molecule has 0 unspecified atom stereocenters. The highest BCUT2D eigenvalue weighted by molar-refractivity contribution is 14.1. The lowest BCUT2D eigenvalue weighted by Gasteiger charge is -2.23. The van der Waals surface area contributed by atoms with Gasteiger partial charge in [-0.1, -0.05) is 35.5 Å². The molecule has 0 fully saturated rings. The van der Waals surface area contributed by atoms with Gasteiger partial charge in [-0.25, -0.2) is 0 Å². The largest absolute Gasteiger partial charge is 0.454 e. The third-order valence-electron chi connectivity index (χ3n) is 5.47. The maximum Gasteiger partial charge on any atom is 0.231 e. The number of ether oxygens (including phenoxy) is 2. The van der Waals surface area contributed by atoms with E-state index < -0.39 is 0 Å². The molecule has 7 heteroatoms. The van der Waals surface area contributed by atoms with E-state index in [1.165, 1.54) is 3.57 Å². The van der Waals surface area contributed by atoms with Crippen molar-refractivity contribution >= 4 is 28.5 Å². The Morgan fingerprint density at radius 3 is 2.64 bits per heavy atom. The Bertz CT molecular complexity index is 1180. The van der Waals surface area contributed by atoms with Crippen molar-refractivity contribution in [3.8, 4) is 22.8 Å². The first-order valence-corrected chi connectivity index (χ1v) is 12.0. The number of hydrogen-bond donors (Lipinski definition) is 0. The van der Waals surface area contributed by atoms with E-state index in [1.807, 2.05) is 48.6 Å². The zero-order valence-electron chi connectivity index (χ0n) is 18.1. The number of aromatic nitrogens is 1. The Morgan fingerprint density at radius 1 is 0.939 bits per heavy atom. The lowest BCUT2D eigenvalue weighted by atomic mass is 10.1. The maximum atomic E-state index is 5.81. The summed E-state index contributed by atoms with van der Waals surface area (Å²) < 4.78 is 18.0. The molecule has 3 heterocycles. The van der Waals surface area contributed by atoms with Crippen LogP contribution in [0.5, 0.6) is 11.5 Å². The highest BCUT2D eigenvalue weighted by atomic mass is 127. The van der Waals surface area contributed by atoms with Gasteiger partial charge in [-0.05, 0) is 71.0 Å². The van der Waals surface area contributed by atoms with Crippen LogP contribution < -0.4 is 14.4 Å². The average molecular weight is 553 g/mol. The van der Waals surface area contributed by atoms with E-state index in [-0.39, 0.29) is 6.79 Å². The number of nitrogens with zero attached hydrogens (tertiary/aromatic N) is 3. The molecule has 0 spiro atoms. The van der Waals surface area contributed by atoms with Gasteiger partial charge in [0, 0.05) is 47.2 Å². The Kier molecular flexibility index (Phi) is 6.66. The van der Waals surface area contributed by atoms with Crippen molar-refractivity contribution in [2.45, 2.75) is 13.0 Å². The standard InChI is InChI=1S/C26H24IN3O3/c27-22-8-5-7-21(16-22)23-17-26(33-28-23)30(14-6-13-29-11-3-1-2-4-12-29)18-20-9-10-24-25(15-20)32-19-31-24/h1-5,7-12,15-17H,6,13-14,18-19H2. The highest BCUT2D eigenvalue weighted by Gasteiger charge is 2.18. The fourth-order valence-electron chi connectivity index (χ4n) is 3.82. The third-order valence-corrected chi connectivity index (χ3v) is 6.14. The summed E-state index contributed by atoms with van der Waals surface area (Å²) in [6.45, 7) is 2.69. The minimum Gasteiger partial charge on any atom is -0.454 e. The first-order valence-electron chi connectivity index (χ1n) is 10.9. The summed E-state index contributed by atoms with van der Waals surface area (Å²) in [5.74, 6) is 2.33. The number of rotatable bonds is 8. The molecule has 0 N–H and O–H groups in total. The van der Waals surface area contributed by atoms with E-state index in [0.717, 1.165) is 53.7 Å². The molecule has 0 atom stereocenters. The molecule has 5 rings (SSSR count). The molecule has 0 bridgehead atoms. The lowest BCUT2D eigenvalue weighted by molar-refractivity contribution is 0.174. The molecular weight excluding hydrogens is 529 g/mol. The smallest absolute Gasteiger partial charge is 0.231 e. The molecule has 2 aromatic carbocycles. The summed E-state index contributed by atoms with van der Waals surface area (Å²) in [6.07, 6.45) is 13.3. The van der Waals surface area contributed by atoms with Crippen molar-refractivity contribution in [1.29, 1.82) is 0 Å². The van der Waals surface area contributed by atoms with Gasteiger partial charge >= 0.3 is 0 Å². The van der Waals surface area contributed by atoms with Crippen molar-refractivity contribution < 1.29 is 14.0 Å². The number of fused-ring (bicyclic) bond motifs is 1. The summed E-state index contributed by atoms with van der Waals surface area (Å²) in [5, 5.41) is 4.35. The summed E-state index contributed by atoms with van der Waals surface area (Å²) >= 11 is 2.31. The molecule has 0 amide bonds. The fraction of sp³-hybridized carbons (Fsp3) is 0.192. The van der Waals surface area contributed by atoms with Crippen molar-refractivity contribution in [2.24, 2.45) is 0 Å². The van der Waals surface area contributed by atoms with Crippen LogP contribution in [-0.2, 0) is 6.54 Å². The van der Waals surface area contributed by atoms with Gasteiger partial charge in [-0.15, -0.1) is 0 Å². The van der Waals surface area contributed by atoms with Crippen LogP contribution in [0, 0.1) is 3.57 Å². The zero-order valence-corrected chi connectivity index (χ0v) is 20.2. The average Bonchev–Trinajstić information content (AvgIpc) is 3.43. The van der Waals surface area contributed by atoms with E-state index in [2.05, 4.69) is 74.2 Å². The predicted molar refractivity (Wildman–Crippen MR) is 137 cm³/mol. The first kappa shape index (κ1) is 21.6. The summed E-state index contributed by atoms with van der Waals surface area (Å²) in [4.78, 5) is 4.42. The number of allylic oxidation sites excluding steroid dienone is 4. The van der Waals surface area contributed by atoms with E-state index in [4.69, 9.17) is 14.0 Å². The van der Waals surface area contributed by atoms with Gasteiger partial charge in [0.1, 0.15) is 5.69 Å². The van der Waals surface area contributed by atoms with Crippen LogP contribution in [0.4, 0.5) is 5.88 Å². The topological polar surface area (TPSA) is 51.0 Å². The summed E-state index contributed by atoms with van der Waals surface area (Å²) in [5.41, 5.74) is 3.01. The molecule has 168 valence electrons. The quantitative estimate of drug-likeness (QED) is 0.321. The van der Waals surface area contributed by atoms with Gasteiger partial charge in [0.15, 0.2) is 11.5 Å². The Morgan fingerprint density at radius 2 is 1.79 bits per heavy atom. The molecule has 2 aliphatic heterocycles.